The van der Waals surface area contributed by atoms with Crippen molar-refractivity contribution in [1.82, 2.24) is 0 Å². The number of esters is 1. The van der Waals surface area contributed by atoms with Gasteiger partial charge in [-0.2, -0.15) is 0 Å². The van der Waals surface area contributed by atoms with Crippen LogP contribution in [0.2, 0.25) is 15.1 Å². The van der Waals surface area contributed by atoms with E-state index in [1.165, 1.54) is 18.2 Å². The highest BCUT2D eigenvalue weighted by molar-refractivity contribution is 6.35. The Bertz CT molecular complexity index is 666. The smallest absolute Gasteiger partial charge is 0.336 e. The molecule has 20 heavy (non-hydrogen) atoms. The lowest BCUT2D eigenvalue weighted by Gasteiger charge is -2.04. The fourth-order valence-corrected chi connectivity index (χ4v) is 2.11. The summed E-state index contributed by atoms with van der Waals surface area (Å²) in [6.07, 6.45) is 2.86. The van der Waals surface area contributed by atoms with Crippen LogP contribution in [0.1, 0.15) is 5.56 Å². The molecule has 5 heteroatoms. The summed E-state index contributed by atoms with van der Waals surface area (Å²) >= 11 is 17.6. The molecule has 0 radical (unpaired) electrons. The fourth-order valence-electron chi connectivity index (χ4n) is 1.47. The number of rotatable bonds is 3. The molecule has 0 spiro atoms. The summed E-state index contributed by atoms with van der Waals surface area (Å²) in [4.78, 5) is 11.7. The first-order valence-electron chi connectivity index (χ1n) is 5.66. The van der Waals surface area contributed by atoms with Gasteiger partial charge in [-0.15, -0.1) is 0 Å². The fraction of sp³-hybridized carbons (Fsp3) is 0. The molecular weight excluding hydrogens is 319 g/mol. The van der Waals surface area contributed by atoms with E-state index < -0.39 is 5.97 Å². The maximum Gasteiger partial charge on any atom is 0.336 e. The Morgan fingerprint density at radius 2 is 1.75 bits per heavy atom. The second kappa shape index (κ2) is 6.80. The minimum absolute atomic E-state index is 0.255. The van der Waals surface area contributed by atoms with Gasteiger partial charge in [0, 0.05) is 16.1 Å². The zero-order valence-electron chi connectivity index (χ0n) is 10.1. The van der Waals surface area contributed by atoms with E-state index in [1.54, 1.807) is 24.3 Å². The standard InChI is InChI=1S/C15H9Cl3O2/c16-11-6-7-14(13(18)9-11)20-15(19)8-5-10-3-1-2-4-12(10)17/h1-9H. The number of ether oxygens (including phenoxy) is 1. The van der Waals surface area contributed by atoms with E-state index >= 15 is 0 Å². The number of hydrogen-bond donors (Lipinski definition) is 0. The maximum absolute atomic E-state index is 11.7. The average molecular weight is 328 g/mol. The number of hydrogen-bond acceptors (Lipinski definition) is 2. The summed E-state index contributed by atoms with van der Waals surface area (Å²) in [5.41, 5.74) is 0.730. The Hall–Kier alpha value is -1.48. The quantitative estimate of drug-likeness (QED) is 0.436. The lowest BCUT2D eigenvalue weighted by Crippen LogP contribution is -2.04. The van der Waals surface area contributed by atoms with Gasteiger partial charge in [0.15, 0.2) is 0 Å². The third kappa shape index (κ3) is 4.01. The van der Waals surface area contributed by atoms with Gasteiger partial charge in [0.1, 0.15) is 5.75 Å². The van der Waals surface area contributed by atoms with Crippen LogP contribution in [0.5, 0.6) is 5.75 Å². The Labute approximate surface area is 131 Å². The molecular formula is C15H9Cl3O2. The molecule has 0 amide bonds. The first kappa shape index (κ1) is 14.9. The highest BCUT2D eigenvalue weighted by atomic mass is 35.5. The van der Waals surface area contributed by atoms with E-state index in [0.717, 1.165) is 5.56 Å². The Morgan fingerprint density at radius 1 is 1.00 bits per heavy atom. The molecule has 0 aliphatic heterocycles. The van der Waals surface area contributed by atoms with E-state index in [9.17, 15) is 4.79 Å². The molecule has 2 aromatic carbocycles. The molecule has 0 heterocycles. The molecule has 0 unspecified atom stereocenters. The Balaban J connectivity index is 2.08. The lowest BCUT2D eigenvalue weighted by molar-refractivity contribution is -0.128. The third-order valence-corrected chi connectivity index (χ3v) is 3.28. The molecule has 0 bridgehead atoms. The van der Waals surface area contributed by atoms with Gasteiger partial charge in [0.2, 0.25) is 0 Å². The zero-order chi connectivity index (χ0) is 14.5. The van der Waals surface area contributed by atoms with Crippen LogP contribution in [0, 0.1) is 0 Å². The lowest BCUT2D eigenvalue weighted by atomic mass is 10.2. The van der Waals surface area contributed by atoms with Crippen molar-refractivity contribution in [1.29, 1.82) is 0 Å². The average Bonchev–Trinajstić information content (AvgIpc) is 2.41. The van der Waals surface area contributed by atoms with Gasteiger partial charge in [-0.1, -0.05) is 53.0 Å². The van der Waals surface area contributed by atoms with Crippen molar-refractivity contribution < 1.29 is 9.53 Å². The van der Waals surface area contributed by atoms with Gasteiger partial charge in [0.05, 0.1) is 5.02 Å². The molecule has 0 aliphatic rings. The van der Waals surface area contributed by atoms with Crippen molar-refractivity contribution in [3.63, 3.8) is 0 Å². The minimum Gasteiger partial charge on any atom is -0.422 e. The second-order valence-electron chi connectivity index (χ2n) is 3.85. The van der Waals surface area contributed by atoms with Crippen molar-refractivity contribution in [2.75, 3.05) is 0 Å². The normalized spacial score (nSPS) is 10.8. The summed E-state index contributed by atoms with van der Waals surface area (Å²) in [5.74, 6) is -0.293. The van der Waals surface area contributed by atoms with Gasteiger partial charge in [-0.3, -0.25) is 0 Å². The molecule has 0 aliphatic carbocycles. The van der Waals surface area contributed by atoms with Crippen molar-refractivity contribution in [2.24, 2.45) is 0 Å². The SMILES string of the molecule is O=C(C=Cc1ccccc1Cl)Oc1ccc(Cl)cc1Cl. The predicted octanol–water partition coefficient (Wildman–Crippen LogP) is 5.27. The molecule has 2 nitrogen and oxygen atoms in total. The van der Waals surface area contributed by atoms with Crippen LogP contribution in [0.3, 0.4) is 0 Å². The van der Waals surface area contributed by atoms with Gasteiger partial charge in [-0.05, 0) is 35.9 Å². The summed E-state index contributed by atoms with van der Waals surface area (Å²) in [6.45, 7) is 0. The molecule has 0 N–H and O–H groups in total. The number of carbonyl (C=O) groups excluding carboxylic acids is 1. The summed E-state index contributed by atoms with van der Waals surface area (Å²) in [7, 11) is 0. The molecule has 0 aromatic heterocycles. The molecule has 0 saturated carbocycles. The van der Waals surface area contributed by atoms with Crippen molar-refractivity contribution in [3.05, 3.63) is 69.2 Å². The molecule has 0 atom stereocenters. The van der Waals surface area contributed by atoms with Crippen molar-refractivity contribution in [2.45, 2.75) is 0 Å². The Kier molecular flexibility index (Phi) is 5.07. The van der Waals surface area contributed by atoms with Crippen LogP contribution in [0.25, 0.3) is 6.08 Å². The van der Waals surface area contributed by atoms with E-state index in [1.807, 2.05) is 12.1 Å². The molecule has 2 rings (SSSR count). The molecule has 102 valence electrons. The summed E-state index contributed by atoms with van der Waals surface area (Å²) < 4.78 is 5.10. The van der Waals surface area contributed by atoms with Crippen LogP contribution in [0.15, 0.2) is 48.5 Å². The van der Waals surface area contributed by atoms with Gasteiger partial charge in [-0.25, -0.2) is 4.79 Å². The zero-order valence-corrected chi connectivity index (χ0v) is 12.4. The molecule has 0 saturated heterocycles. The van der Waals surface area contributed by atoms with Crippen molar-refractivity contribution >= 4 is 46.8 Å². The second-order valence-corrected chi connectivity index (χ2v) is 5.10. The number of carbonyl (C=O) groups is 1. The van der Waals surface area contributed by atoms with Crippen LogP contribution in [0.4, 0.5) is 0 Å². The van der Waals surface area contributed by atoms with Gasteiger partial charge in [0.25, 0.3) is 0 Å². The first-order chi connectivity index (χ1) is 9.56. The van der Waals surface area contributed by atoms with Gasteiger partial charge >= 0.3 is 5.97 Å². The summed E-state index contributed by atoms with van der Waals surface area (Å²) in [5, 5.41) is 1.31. The van der Waals surface area contributed by atoms with Crippen LogP contribution < -0.4 is 4.74 Å². The Morgan fingerprint density at radius 3 is 2.45 bits per heavy atom. The maximum atomic E-state index is 11.7. The third-order valence-electron chi connectivity index (χ3n) is 2.41. The minimum atomic E-state index is -0.547. The highest BCUT2D eigenvalue weighted by Crippen LogP contribution is 2.27. The largest absolute Gasteiger partial charge is 0.422 e. The van der Waals surface area contributed by atoms with E-state index in [4.69, 9.17) is 39.5 Å². The van der Waals surface area contributed by atoms with Crippen LogP contribution >= 0.6 is 34.8 Å². The number of benzene rings is 2. The van der Waals surface area contributed by atoms with E-state index in [2.05, 4.69) is 0 Å². The monoisotopic (exact) mass is 326 g/mol. The molecule has 2 aromatic rings. The van der Waals surface area contributed by atoms with Gasteiger partial charge < -0.3 is 4.74 Å². The van der Waals surface area contributed by atoms with Crippen LogP contribution in [-0.2, 0) is 4.79 Å². The number of halogens is 3. The molecule has 0 fully saturated rings. The topological polar surface area (TPSA) is 26.3 Å². The summed E-state index contributed by atoms with van der Waals surface area (Å²) in [6, 6.07) is 11.8. The van der Waals surface area contributed by atoms with E-state index in [-0.39, 0.29) is 10.8 Å². The first-order valence-corrected chi connectivity index (χ1v) is 6.79. The van der Waals surface area contributed by atoms with Crippen molar-refractivity contribution in [3.8, 4) is 5.75 Å². The highest BCUT2D eigenvalue weighted by Gasteiger charge is 2.06. The van der Waals surface area contributed by atoms with Crippen LogP contribution in [-0.4, -0.2) is 5.97 Å². The predicted molar refractivity (Wildman–Crippen MR) is 82.6 cm³/mol. The van der Waals surface area contributed by atoms with E-state index in [0.29, 0.717) is 10.0 Å².